The fraction of sp³-hybridized carbons (Fsp3) is 0.200. The minimum atomic E-state index is -0.637. The summed E-state index contributed by atoms with van der Waals surface area (Å²) in [6, 6.07) is 5.53. The van der Waals surface area contributed by atoms with E-state index in [-0.39, 0.29) is 23.4 Å². The zero-order valence-electron chi connectivity index (χ0n) is 8.47. The summed E-state index contributed by atoms with van der Waals surface area (Å²) in [7, 11) is 1.30. The number of ketones is 1. The third-order valence-electron chi connectivity index (χ3n) is 1.94. The van der Waals surface area contributed by atoms with Crippen LogP contribution in [0.4, 0.5) is 5.69 Å². The average Bonchev–Trinajstić information content (AvgIpc) is 2.28. The molecule has 0 bridgehead atoms. The van der Waals surface area contributed by atoms with Crippen molar-refractivity contribution in [1.29, 1.82) is 5.26 Å². The largest absolute Gasteiger partial charge is 0.490 e. The Balaban J connectivity index is 3.17. The van der Waals surface area contributed by atoms with Gasteiger partial charge in [0.1, 0.15) is 0 Å². The topological polar surface area (TPSA) is 93.2 Å². The van der Waals surface area contributed by atoms with Gasteiger partial charge in [0.25, 0.3) is 0 Å². The Labute approximate surface area is 91.2 Å². The molecule has 1 aromatic carbocycles. The van der Waals surface area contributed by atoms with Crippen molar-refractivity contribution in [2.75, 3.05) is 7.11 Å². The zero-order chi connectivity index (χ0) is 12.1. The second-order valence-corrected chi connectivity index (χ2v) is 2.90. The van der Waals surface area contributed by atoms with Crippen LogP contribution >= 0.6 is 0 Å². The van der Waals surface area contributed by atoms with E-state index in [4.69, 9.17) is 10.00 Å². The lowest BCUT2D eigenvalue weighted by molar-refractivity contribution is -0.385. The molecule has 0 radical (unpaired) electrons. The van der Waals surface area contributed by atoms with Gasteiger partial charge in [-0.3, -0.25) is 14.9 Å². The first-order chi connectivity index (χ1) is 7.60. The summed E-state index contributed by atoms with van der Waals surface area (Å²) in [4.78, 5) is 21.4. The smallest absolute Gasteiger partial charge is 0.311 e. The maximum Gasteiger partial charge on any atom is 0.311 e. The number of Topliss-reactive ketones (excluding diaryl/α,β-unsaturated/α-hetero) is 1. The summed E-state index contributed by atoms with van der Waals surface area (Å²) in [5.74, 6) is -0.369. The molecule has 0 aliphatic heterocycles. The molecular formula is C10H8N2O4. The van der Waals surface area contributed by atoms with Crippen molar-refractivity contribution in [1.82, 2.24) is 0 Å². The van der Waals surface area contributed by atoms with Gasteiger partial charge in [-0.2, -0.15) is 5.26 Å². The normalized spacial score (nSPS) is 9.25. The summed E-state index contributed by atoms with van der Waals surface area (Å²) < 4.78 is 4.78. The molecule has 0 fully saturated rings. The first-order valence-electron chi connectivity index (χ1n) is 4.32. The van der Waals surface area contributed by atoms with Crippen molar-refractivity contribution in [3.63, 3.8) is 0 Å². The van der Waals surface area contributed by atoms with E-state index in [9.17, 15) is 14.9 Å². The number of nitro groups is 1. The summed E-state index contributed by atoms with van der Waals surface area (Å²) in [6.07, 6.45) is -0.302. The molecule has 0 aliphatic carbocycles. The predicted molar refractivity (Wildman–Crippen MR) is 54.2 cm³/mol. The van der Waals surface area contributed by atoms with E-state index in [1.54, 1.807) is 6.07 Å². The molecular weight excluding hydrogens is 212 g/mol. The van der Waals surface area contributed by atoms with Crippen LogP contribution in [0.5, 0.6) is 5.75 Å². The van der Waals surface area contributed by atoms with E-state index in [1.165, 1.54) is 19.2 Å². The third-order valence-corrected chi connectivity index (χ3v) is 1.94. The quantitative estimate of drug-likeness (QED) is 0.437. The third kappa shape index (κ3) is 2.33. The van der Waals surface area contributed by atoms with Gasteiger partial charge in [-0.1, -0.05) is 0 Å². The number of hydrogen-bond donors (Lipinski definition) is 0. The number of carbonyl (C=O) groups excluding carboxylic acids is 1. The van der Waals surface area contributed by atoms with E-state index >= 15 is 0 Å². The Kier molecular flexibility index (Phi) is 3.56. The van der Waals surface area contributed by atoms with Crippen LogP contribution in [0.25, 0.3) is 0 Å². The summed E-state index contributed by atoms with van der Waals surface area (Å²) >= 11 is 0. The molecule has 0 aromatic heterocycles. The molecule has 0 amide bonds. The van der Waals surface area contributed by atoms with Crippen LogP contribution in [0, 0.1) is 21.4 Å². The Morgan fingerprint density at radius 1 is 1.62 bits per heavy atom. The first kappa shape index (κ1) is 11.7. The second-order valence-electron chi connectivity index (χ2n) is 2.90. The first-order valence-corrected chi connectivity index (χ1v) is 4.32. The van der Waals surface area contributed by atoms with Crippen LogP contribution in [0.3, 0.4) is 0 Å². The van der Waals surface area contributed by atoms with Crippen LogP contribution in [0.1, 0.15) is 16.8 Å². The molecule has 0 saturated heterocycles. The lowest BCUT2D eigenvalue weighted by Crippen LogP contribution is -2.00. The van der Waals surface area contributed by atoms with E-state index in [0.717, 1.165) is 6.07 Å². The van der Waals surface area contributed by atoms with Gasteiger partial charge in [0, 0.05) is 11.6 Å². The molecule has 1 rings (SSSR count). The number of hydrogen-bond acceptors (Lipinski definition) is 5. The minimum absolute atomic E-state index is 0.0820. The predicted octanol–water partition coefficient (Wildman–Crippen LogP) is 1.70. The Morgan fingerprint density at radius 3 is 2.81 bits per heavy atom. The van der Waals surface area contributed by atoms with Gasteiger partial charge in [-0.15, -0.1) is 0 Å². The highest BCUT2D eigenvalue weighted by atomic mass is 16.6. The zero-order valence-corrected chi connectivity index (χ0v) is 8.47. The number of carbonyl (C=O) groups is 1. The van der Waals surface area contributed by atoms with Gasteiger partial charge in [-0.05, 0) is 12.1 Å². The molecule has 82 valence electrons. The highest BCUT2D eigenvalue weighted by Crippen LogP contribution is 2.27. The maximum absolute atomic E-state index is 11.3. The standard InChI is InChI=1S/C10H8N2O4/c1-16-10-3-2-7(9(13)4-5-11)6-8(10)12(14)15/h2-3,6H,4H2,1H3. The van der Waals surface area contributed by atoms with Crippen LogP contribution < -0.4 is 4.74 Å². The van der Waals surface area contributed by atoms with Gasteiger partial charge in [0.2, 0.25) is 0 Å². The second kappa shape index (κ2) is 4.89. The maximum atomic E-state index is 11.3. The van der Waals surface area contributed by atoms with Gasteiger partial charge >= 0.3 is 5.69 Å². The van der Waals surface area contributed by atoms with Crippen molar-refractivity contribution in [3.8, 4) is 11.8 Å². The monoisotopic (exact) mass is 220 g/mol. The Hall–Kier alpha value is -2.42. The van der Waals surface area contributed by atoms with Gasteiger partial charge in [0.05, 0.1) is 24.5 Å². The van der Waals surface area contributed by atoms with Crippen molar-refractivity contribution in [2.24, 2.45) is 0 Å². The lowest BCUT2D eigenvalue weighted by Gasteiger charge is -2.02. The Morgan fingerprint density at radius 2 is 2.31 bits per heavy atom. The van der Waals surface area contributed by atoms with Crippen LogP contribution in [-0.2, 0) is 0 Å². The summed E-state index contributed by atoms with van der Waals surface area (Å²) in [5, 5.41) is 19.0. The molecule has 16 heavy (non-hydrogen) atoms. The summed E-state index contributed by atoms with van der Waals surface area (Å²) in [6.45, 7) is 0. The van der Waals surface area contributed by atoms with Gasteiger partial charge < -0.3 is 4.74 Å². The fourth-order valence-corrected chi connectivity index (χ4v) is 1.18. The highest BCUT2D eigenvalue weighted by molar-refractivity contribution is 5.98. The van der Waals surface area contributed by atoms with Crippen LogP contribution in [0.2, 0.25) is 0 Å². The van der Waals surface area contributed by atoms with Crippen molar-refractivity contribution >= 4 is 11.5 Å². The van der Waals surface area contributed by atoms with Crippen molar-refractivity contribution in [3.05, 3.63) is 33.9 Å². The lowest BCUT2D eigenvalue weighted by atomic mass is 10.1. The van der Waals surface area contributed by atoms with E-state index < -0.39 is 10.7 Å². The molecule has 0 unspecified atom stereocenters. The molecule has 6 nitrogen and oxygen atoms in total. The SMILES string of the molecule is COc1ccc(C(=O)CC#N)cc1[N+](=O)[O-]. The van der Waals surface area contributed by atoms with Crippen LogP contribution in [0.15, 0.2) is 18.2 Å². The summed E-state index contributed by atoms with van der Waals surface area (Å²) in [5.41, 5.74) is -0.152. The van der Waals surface area contributed by atoms with Crippen molar-refractivity contribution < 1.29 is 14.5 Å². The van der Waals surface area contributed by atoms with E-state index in [2.05, 4.69) is 0 Å². The van der Waals surface area contributed by atoms with Crippen LogP contribution in [-0.4, -0.2) is 17.8 Å². The van der Waals surface area contributed by atoms with Gasteiger partial charge in [0.15, 0.2) is 11.5 Å². The number of methoxy groups -OCH3 is 1. The number of ether oxygens (including phenoxy) is 1. The number of nitrogens with zero attached hydrogens (tertiary/aromatic N) is 2. The molecule has 0 saturated carbocycles. The van der Waals surface area contributed by atoms with E-state index in [1.807, 2.05) is 0 Å². The van der Waals surface area contributed by atoms with Crippen molar-refractivity contribution in [2.45, 2.75) is 6.42 Å². The Bertz CT molecular complexity index is 476. The number of benzene rings is 1. The molecule has 6 heteroatoms. The molecule has 0 atom stereocenters. The average molecular weight is 220 g/mol. The molecule has 0 N–H and O–H groups in total. The molecule has 0 spiro atoms. The molecule has 1 aromatic rings. The number of rotatable bonds is 4. The molecule has 0 heterocycles. The number of nitriles is 1. The highest BCUT2D eigenvalue weighted by Gasteiger charge is 2.17. The fourth-order valence-electron chi connectivity index (χ4n) is 1.18. The number of nitro benzene ring substituents is 1. The minimum Gasteiger partial charge on any atom is -0.490 e. The van der Waals surface area contributed by atoms with E-state index in [0.29, 0.717) is 0 Å². The molecule has 0 aliphatic rings. The van der Waals surface area contributed by atoms with Gasteiger partial charge in [-0.25, -0.2) is 0 Å².